The fourth-order valence-corrected chi connectivity index (χ4v) is 3.53. The van der Waals surface area contributed by atoms with Gasteiger partial charge in [-0.2, -0.15) is 0 Å². The second-order valence-corrected chi connectivity index (χ2v) is 8.06. The number of carbonyl (C=O) groups excluding carboxylic acids is 3. The predicted molar refractivity (Wildman–Crippen MR) is 130 cm³/mol. The van der Waals surface area contributed by atoms with E-state index in [1.807, 2.05) is 91.0 Å². The molecule has 3 aromatic carbocycles. The summed E-state index contributed by atoms with van der Waals surface area (Å²) < 4.78 is 5.39. The third-order valence-corrected chi connectivity index (χ3v) is 5.26. The highest BCUT2D eigenvalue weighted by Gasteiger charge is 2.24. The molecule has 2 amide bonds. The van der Waals surface area contributed by atoms with Crippen molar-refractivity contribution in [3.8, 4) is 0 Å². The number of nitrogens with zero attached hydrogens (tertiary/aromatic N) is 1. The molecule has 1 N–H and O–H groups in total. The van der Waals surface area contributed by atoms with Crippen LogP contribution in [-0.2, 0) is 38.6 Å². The Morgan fingerprint density at radius 2 is 1.24 bits per heavy atom. The fraction of sp³-hybridized carbons (Fsp3) is 0.250. The summed E-state index contributed by atoms with van der Waals surface area (Å²) in [5, 5.41) is 2.72. The molecule has 1 atom stereocenters. The monoisotopic (exact) mass is 458 g/mol. The van der Waals surface area contributed by atoms with Crippen molar-refractivity contribution in [2.75, 3.05) is 6.54 Å². The molecule has 0 heterocycles. The van der Waals surface area contributed by atoms with Crippen LogP contribution in [0, 0.1) is 0 Å². The topological polar surface area (TPSA) is 75.7 Å². The maximum absolute atomic E-state index is 13.2. The number of hydrogen-bond acceptors (Lipinski definition) is 4. The largest absolute Gasteiger partial charge is 0.452 e. The molecule has 0 aliphatic rings. The van der Waals surface area contributed by atoms with Crippen molar-refractivity contribution in [3.05, 3.63) is 108 Å². The van der Waals surface area contributed by atoms with Gasteiger partial charge in [-0.05, 0) is 23.6 Å². The molecule has 0 aromatic heterocycles. The van der Waals surface area contributed by atoms with Crippen LogP contribution < -0.4 is 5.32 Å². The molecule has 0 bridgehead atoms. The molecule has 0 radical (unpaired) electrons. The summed E-state index contributed by atoms with van der Waals surface area (Å²) in [5.41, 5.74) is 2.89. The van der Waals surface area contributed by atoms with E-state index >= 15 is 0 Å². The van der Waals surface area contributed by atoms with Crippen LogP contribution in [0.25, 0.3) is 0 Å². The van der Waals surface area contributed by atoms with E-state index in [1.165, 1.54) is 0 Å². The van der Waals surface area contributed by atoms with E-state index in [4.69, 9.17) is 4.74 Å². The number of hydrogen-bond donors (Lipinski definition) is 1. The lowest BCUT2D eigenvalue weighted by molar-refractivity contribution is -0.159. The second-order valence-electron chi connectivity index (χ2n) is 8.06. The Bertz CT molecular complexity index is 1010. The summed E-state index contributed by atoms with van der Waals surface area (Å²) in [6.07, 6.45) is -0.686. The quantitative estimate of drug-likeness (QED) is 0.442. The smallest absolute Gasteiger partial charge is 0.308 e. The molecule has 1 unspecified atom stereocenters. The van der Waals surface area contributed by atoms with Gasteiger partial charge in [0.2, 0.25) is 5.91 Å². The molecule has 0 fully saturated rings. The molecule has 34 heavy (non-hydrogen) atoms. The SMILES string of the molecule is CC(OC(=O)CCNC(=O)Cc1ccccc1)C(=O)N(Cc1ccccc1)Cc1ccccc1. The van der Waals surface area contributed by atoms with E-state index in [2.05, 4.69) is 5.32 Å². The summed E-state index contributed by atoms with van der Waals surface area (Å²) in [4.78, 5) is 39.2. The molecule has 0 aliphatic heterocycles. The van der Waals surface area contributed by atoms with Crippen LogP contribution in [0.4, 0.5) is 0 Å². The number of amides is 2. The Morgan fingerprint density at radius 3 is 1.74 bits per heavy atom. The Hall–Kier alpha value is -3.93. The Balaban J connectivity index is 1.50. The first-order valence-electron chi connectivity index (χ1n) is 11.4. The molecule has 176 valence electrons. The van der Waals surface area contributed by atoms with Crippen molar-refractivity contribution in [1.29, 1.82) is 0 Å². The van der Waals surface area contributed by atoms with Gasteiger partial charge in [0, 0.05) is 19.6 Å². The molecule has 0 saturated heterocycles. The van der Waals surface area contributed by atoms with Crippen LogP contribution in [0.1, 0.15) is 30.0 Å². The van der Waals surface area contributed by atoms with E-state index in [0.717, 1.165) is 16.7 Å². The molecular formula is C28H30N2O4. The van der Waals surface area contributed by atoms with Gasteiger partial charge >= 0.3 is 5.97 Å². The molecule has 3 rings (SSSR count). The highest BCUT2D eigenvalue weighted by atomic mass is 16.5. The number of rotatable bonds is 11. The molecule has 3 aromatic rings. The number of carbonyl (C=O) groups is 3. The van der Waals surface area contributed by atoms with E-state index in [9.17, 15) is 14.4 Å². The molecule has 0 saturated carbocycles. The van der Waals surface area contributed by atoms with Gasteiger partial charge in [-0.3, -0.25) is 14.4 Å². The summed E-state index contributed by atoms with van der Waals surface area (Å²) in [6, 6.07) is 28.8. The van der Waals surface area contributed by atoms with Gasteiger partial charge in [0.05, 0.1) is 12.8 Å². The van der Waals surface area contributed by atoms with Crippen LogP contribution in [0.5, 0.6) is 0 Å². The molecule has 0 aliphatic carbocycles. The van der Waals surface area contributed by atoms with Gasteiger partial charge in [0.25, 0.3) is 5.91 Å². The average molecular weight is 459 g/mol. The number of benzene rings is 3. The Kier molecular flexibility index (Phi) is 9.40. The normalized spacial score (nSPS) is 11.3. The average Bonchev–Trinajstić information content (AvgIpc) is 2.85. The fourth-order valence-electron chi connectivity index (χ4n) is 3.53. The van der Waals surface area contributed by atoms with Crippen molar-refractivity contribution >= 4 is 17.8 Å². The maximum atomic E-state index is 13.2. The van der Waals surface area contributed by atoms with E-state index in [0.29, 0.717) is 13.1 Å². The van der Waals surface area contributed by atoms with Gasteiger partial charge in [-0.1, -0.05) is 91.0 Å². The van der Waals surface area contributed by atoms with Crippen LogP contribution in [-0.4, -0.2) is 35.3 Å². The van der Waals surface area contributed by atoms with E-state index in [-0.39, 0.29) is 31.2 Å². The van der Waals surface area contributed by atoms with Crippen molar-refractivity contribution < 1.29 is 19.1 Å². The first-order chi connectivity index (χ1) is 16.5. The standard InChI is InChI=1S/C28H30N2O4/c1-22(34-27(32)17-18-29-26(31)19-23-11-5-2-6-12-23)28(33)30(20-24-13-7-3-8-14-24)21-25-15-9-4-10-16-25/h2-16,22H,17-21H2,1H3,(H,29,31). The maximum Gasteiger partial charge on any atom is 0.308 e. The van der Waals surface area contributed by atoms with Crippen LogP contribution in [0.3, 0.4) is 0 Å². The van der Waals surface area contributed by atoms with Gasteiger partial charge in [0.1, 0.15) is 0 Å². The molecule has 0 spiro atoms. The third kappa shape index (κ3) is 8.20. The van der Waals surface area contributed by atoms with Gasteiger partial charge in [0.15, 0.2) is 6.10 Å². The first-order valence-corrected chi connectivity index (χ1v) is 11.4. The van der Waals surface area contributed by atoms with Crippen LogP contribution >= 0.6 is 0 Å². The van der Waals surface area contributed by atoms with Crippen LogP contribution in [0.15, 0.2) is 91.0 Å². The highest BCUT2D eigenvalue weighted by Crippen LogP contribution is 2.13. The highest BCUT2D eigenvalue weighted by molar-refractivity contribution is 5.84. The molecular weight excluding hydrogens is 428 g/mol. The lowest BCUT2D eigenvalue weighted by Gasteiger charge is -2.26. The van der Waals surface area contributed by atoms with Gasteiger partial charge in [-0.15, -0.1) is 0 Å². The lowest BCUT2D eigenvalue weighted by Crippen LogP contribution is -2.39. The molecule has 6 nitrogen and oxygen atoms in total. The third-order valence-electron chi connectivity index (χ3n) is 5.26. The zero-order chi connectivity index (χ0) is 24.2. The number of nitrogens with one attached hydrogen (secondary N) is 1. The summed E-state index contributed by atoms with van der Waals surface area (Å²) in [7, 11) is 0. The minimum atomic E-state index is -0.931. The lowest BCUT2D eigenvalue weighted by atomic mass is 10.1. The van der Waals surface area contributed by atoms with Gasteiger partial charge in [-0.25, -0.2) is 0 Å². The van der Waals surface area contributed by atoms with E-state index in [1.54, 1.807) is 11.8 Å². The minimum absolute atomic E-state index is 0.00444. The van der Waals surface area contributed by atoms with Crippen molar-refractivity contribution in [2.24, 2.45) is 0 Å². The summed E-state index contributed by atoms with van der Waals surface area (Å²) >= 11 is 0. The summed E-state index contributed by atoms with van der Waals surface area (Å²) in [6.45, 7) is 2.55. The number of ether oxygens (including phenoxy) is 1. The first kappa shape index (κ1) is 24.7. The Morgan fingerprint density at radius 1 is 0.765 bits per heavy atom. The summed E-state index contributed by atoms with van der Waals surface area (Å²) in [5.74, 6) is -0.963. The van der Waals surface area contributed by atoms with Crippen molar-refractivity contribution in [3.63, 3.8) is 0 Å². The predicted octanol–water partition coefficient (Wildman–Crippen LogP) is 3.90. The number of esters is 1. The van der Waals surface area contributed by atoms with Gasteiger partial charge < -0.3 is 15.0 Å². The minimum Gasteiger partial charge on any atom is -0.452 e. The van der Waals surface area contributed by atoms with Crippen LogP contribution in [0.2, 0.25) is 0 Å². The van der Waals surface area contributed by atoms with E-state index < -0.39 is 12.1 Å². The zero-order valence-electron chi connectivity index (χ0n) is 19.4. The zero-order valence-corrected chi connectivity index (χ0v) is 19.4. The van der Waals surface area contributed by atoms with Crippen molar-refractivity contribution in [2.45, 2.75) is 39.0 Å². The molecule has 6 heteroatoms. The Labute approximate surface area is 200 Å². The van der Waals surface area contributed by atoms with Crippen molar-refractivity contribution in [1.82, 2.24) is 10.2 Å². The second kappa shape index (κ2) is 12.9.